The van der Waals surface area contributed by atoms with Crippen molar-refractivity contribution in [1.29, 1.82) is 0 Å². The first-order valence-electron chi connectivity index (χ1n) is 11.3. The zero-order valence-electron chi connectivity index (χ0n) is 19.6. The standard InChI is InChI=1S/C24H19F5N8O/c1-2-17(13-3-5-19(31-9-13)24(27,28)29)36-12-16(10-32-36)15-7-18(37-20(8-15)33-23(30)34-37)14-4-6-21(38)35(11-14)22(25)26/h3-12,17,22H,2H2,1H3,(H2,30,34). The van der Waals surface area contributed by atoms with Crippen molar-refractivity contribution in [1.82, 2.24) is 33.9 Å². The fourth-order valence-electron chi connectivity index (χ4n) is 4.18. The van der Waals surface area contributed by atoms with E-state index in [1.807, 2.05) is 6.92 Å². The molecule has 0 aliphatic rings. The lowest BCUT2D eigenvalue weighted by Crippen LogP contribution is -2.19. The molecule has 38 heavy (non-hydrogen) atoms. The van der Waals surface area contributed by atoms with Gasteiger partial charge in [0, 0.05) is 35.8 Å². The molecule has 5 heterocycles. The Morgan fingerprint density at radius 3 is 2.45 bits per heavy atom. The van der Waals surface area contributed by atoms with Crippen LogP contribution < -0.4 is 11.3 Å². The zero-order chi connectivity index (χ0) is 27.2. The number of pyridine rings is 3. The van der Waals surface area contributed by atoms with Gasteiger partial charge in [0.1, 0.15) is 5.69 Å². The third-order valence-electron chi connectivity index (χ3n) is 6.00. The second-order valence-corrected chi connectivity index (χ2v) is 8.42. The minimum atomic E-state index is -4.54. The van der Waals surface area contributed by atoms with Crippen molar-refractivity contribution in [2.75, 3.05) is 5.73 Å². The van der Waals surface area contributed by atoms with Gasteiger partial charge in [-0.1, -0.05) is 13.0 Å². The fourth-order valence-corrected chi connectivity index (χ4v) is 4.18. The van der Waals surface area contributed by atoms with E-state index in [0.717, 1.165) is 18.3 Å². The maximum Gasteiger partial charge on any atom is 0.433 e. The van der Waals surface area contributed by atoms with E-state index in [1.54, 1.807) is 29.2 Å². The van der Waals surface area contributed by atoms with E-state index in [-0.39, 0.29) is 17.6 Å². The van der Waals surface area contributed by atoms with Gasteiger partial charge in [-0.2, -0.15) is 32.0 Å². The van der Waals surface area contributed by atoms with Crippen LogP contribution in [0.4, 0.5) is 27.9 Å². The molecule has 0 aliphatic carbocycles. The molecule has 0 saturated carbocycles. The van der Waals surface area contributed by atoms with Crippen LogP contribution >= 0.6 is 0 Å². The predicted octanol–water partition coefficient (Wildman–Crippen LogP) is 4.81. The summed E-state index contributed by atoms with van der Waals surface area (Å²) in [7, 11) is 0. The number of fused-ring (bicyclic) bond motifs is 1. The third kappa shape index (κ3) is 4.60. The normalized spacial score (nSPS) is 12.9. The van der Waals surface area contributed by atoms with Crippen LogP contribution in [-0.2, 0) is 6.18 Å². The van der Waals surface area contributed by atoms with Crippen molar-refractivity contribution in [2.45, 2.75) is 32.1 Å². The van der Waals surface area contributed by atoms with Crippen LogP contribution in [0.1, 0.15) is 37.2 Å². The van der Waals surface area contributed by atoms with Crippen molar-refractivity contribution in [3.8, 4) is 22.4 Å². The predicted molar refractivity (Wildman–Crippen MR) is 127 cm³/mol. The summed E-state index contributed by atoms with van der Waals surface area (Å²) in [5.41, 5.74) is 6.66. The molecule has 0 fully saturated rings. The van der Waals surface area contributed by atoms with Crippen LogP contribution in [-0.4, -0.2) is 33.9 Å². The molecule has 1 atom stereocenters. The van der Waals surface area contributed by atoms with Gasteiger partial charge in [0.15, 0.2) is 5.65 Å². The lowest BCUT2D eigenvalue weighted by molar-refractivity contribution is -0.141. The van der Waals surface area contributed by atoms with E-state index in [9.17, 15) is 26.7 Å². The topological polar surface area (TPSA) is 109 Å². The van der Waals surface area contributed by atoms with Gasteiger partial charge in [-0.3, -0.25) is 19.0 Å². The summed E-state index contributed by atoms with van der Waals surface area (Å²) in [5.74, 6) is -0.0397. The molecule has 0 saturated heterocycles. The van der Waals surface area contributed by atoms with Gasteiger partial charge >= 0.3 is 12.7 Å². The van der Waals surface area contributed by atoms with Crippen molar-refractivity contribution in [2.24, 2.45) is 0 Å². The molecule has 5 rings (SSSR count). The summed E-state index contributed by atoms with van der Waals surface area (Å²) in [4.78, 5) is 19.6. The molecule has 5 aromatic rings. The summed E-state index contributed by atoms with van der Waals surface area (Å²) in [6, 6.07) is 7.67. The number of aromatic nitrogens is 7. The Hall–Kier alpha value is -4.62. The average Bonchev–Trinajstić information content (AvgIpc) is 3.50. The Kier molecular flexibility index (Phi) is 6.17. The van der Waals surface area contributed by atoms with Crippen LogP contribution in [0.25, 0.3) is 28.0 Å². The third-order valence-corrected chi connectivity index (χ3v) is 6.00. The van der Waals surface area contributed by atoms with Crippen LogP contribution in [0.15, 0.2) is 66.0 Å². The smallest absolute Gasteiger partial charge is 0.366 e. The molecule has 1 unspecified atom stereocenters. The van der Waals surface area contributed by atoms with E-state index in [4.69, 9.17) is 5.73 Å². The molecule has 5 aromatic heterocycles. The molecule has 0 aromatic carbocycles. The quantitative estimate of drug-likeness (QED) is 0.316. The molecule has 0 spiro atoms. The van der Waals surface area contributed by atoms with Crippen molar-refractivity contribution >= 4 is 11.6 Å². The van der Waals surface area contributed by atoms with Gasteiger partial charge in [-0.25, -0.2) is 4.52 Å². The molecule has 0 aliphatic heterocycles. The molecule has 9 nitrogen and oxygen atoms in total. The molecular formula is C24H19F5N8O. The number of halogens is 5. The van der Waals surface area contributed by atoms with Gasteiger partial charge in [-0.15, -0.1) is 5.10 Å². The first-order chi connectivity index (χ1) is 18.0. The monoisotopic (exact) mass is 530 g/mol. The highest BCUT2D eigenvalue weighted by molar-refractivity contribution is 5.74. The molecular weight excluding hydrogens is 511 g/mol. The number of nitrogens with two attached hydrogens (primary N) is 1. The Morgan fingerprint density at radius 1 is 1.00 bits per heavy atom. The van der Waals surface area contributed by atoms with Gasteiger partial charge in [0.2, 0.25) is 5.95 Å². The SMILES string of the molecule is CCC(c1ccc(C(F)(F)F)nc1)n1cc(-c2cc(-c3ccc(=O)n(C(F)F)c3)n3nc(N)nc3c2)cn1. The summed E-state index contributed by atoms with van der Waals surface area (Å²) in [5, 5.41) is 8.53. The minimum absolute atomic E-state index is 0.0397. The zero-order valence-corrected chi connectivity index (χ0v) is 19.6. The summed E-state index contributed by atoms with van der Waals surface area (Å²) in [6.07, 6.45) is 1.46. The lowest BCUT2D eigenvalue weighted by Gasteiger charge is -2.16. The van der Waals surface area contributed by atoms with Crippen molar-refractivity contribution in [3.05, 3.63) is 82.8 Å². The molecule has 0 amide bonds. The van der Waals surface area contributed by atoms with E-state index in [0.29, 0.717) is 39.0 Å². The van der Waals surface area contributed by atoms with Gasteiger partial charge < -0.3 is 5.73 Å². The van der Waals surface area contributed by atoms with E-state index >= 15 is 0 Å². The highest BCUT2D eigenvalue weighted by Gasteiger charge is 2.32. The Bertz CT molecular complexity index is 1670. The molecule has 196 valence electrons. The van der Waals surface area contributed by atoms with Crippen LogP contribution in [0.5, 0.6) is 0 Å². The Labute approximate surface area is 211 Å². The highest BCUT2D eigenvalue weighted by atomic mass is 19.4. The van der Waals surface area contributed by atoms with Crippen LogP contribution in [0.2, 0.25) is 0 Å². The number of hydrogen-bond acceptors (Lipinski definition) is 6. The van der Waals surface area contributed by atoms with Crippen molar-refractivity contribution in [3.63, 3.8) is 0 Å². The molecule has 14 heteroatoms. The first-order valence-corrected chi connectivity index (χ1v) is 11.3. The Morgan fingerprint density at radius 2 is 1.79 bits per heavy atom. The summed E-state index contributed by atoms with van der Waals surface area (Å²) in [6.45, 7) is -1.17. The van der Waals surface area contributed by atoms with E-state index < -0.39 is 24.0 Å². The maximum absolute atomic E-state index is 13.4. The number of nitrogen functional groups attached to an aromatic ring is 1. The van der Waals surface area contributed by atoms with Crippen LogP contribution in [0.3, 0.4) is 0 Å². The number of alkyl halides is 5. The highest BCUT2D eigenvalue weighted by Crippen LogP contribution is 2.32. The fraction of sp³-hybridized carbons (Fsp3) is 0.208. The molecule has 2 N–H and O–H groups in total. The van der Waals surface area contributed by atoms with Gasteiger partial charge in [-0.05, 0) is 41.8 Å². The molecule has 0 bridgehead atoms. The van der Waals surface area contributed by atoms with Gasteiger partial charge in [0.05, 0.1) is 17.9 Å². The largest absolute Gasteiger partial charge is 0.433 e. The average molecular weight is 530 g/mol. The number of anilines is 1. The number of nitrogens with zero attached hydrogens (tertiary/aromatic N) is 7. The van der Waals surface area contributed by atoms with Crippen LogP contribution in [0, 0.1) is 0 Å². The minimum Gasteiger partial charge on any atom is -0.366 e. The molecule has 0 radical (unpaired) electrons. The lowest BCUT2D eigenvalue weighted by atomic mass is 10.1. The first kappa shape index (κ1) is 25.0. The maximum atomic E-state index is 13.4. The van der Waals surface area contributed by atoms with E-state index in [2.05, 4.69) is 20.2 Å². The second-order valence-electron chi connectivity index (χ2n) is 8.42. The number of hydrogen-bond donors (Lipinski definition) is 1. The van der Waals surface area contributed by atoms with E-state index in [1.165, 1.54) is 22.8 Å². The second kappa shape index (κ2) is 9.36. The summed E-state index contributed by atoms with van der Waals surface area (Å²) >= 11 is 0. The Balaban J connectivity index is 1.56. The van der Waals surface area contributed by atoms with Crippen molar-refractivity contribution < 1.29 is 22.0 Å². The summed E-state index contributed by atoms with van der Waals surface area (Å²) < 4.78 is 68.7. The van der Waals surface area contributed by atoms with Gasteiger partial charge in [0.25, 0.3) is 5.56 Å². The number of rotatable bonds is 6.